The third-order valence-corrected chi connectivity index (χ3v) is 8.78. The number of rotatable bonds is 9. The van der Waals surface area contributed by atoms with Gasteiger partial charge in [0.15, 0.2) is 5.69 Å². The predicted molar refractivity (Wildman–Crippen MR) is 177 cm³/mol. The molecule has 0 atom stereocenters. The van der Waals surface area contributed by atoms with Crippen LogP contribution in [0.5, 0.6) is 0 Å². The summed E-state index contributed by atoms with van der Waals surface area (Å²) >= 11 is 0.809. The highest BCUT2D eigenvalue weighted by atomic mass is 32.1. The van der Waals surface area contributed by atoms with E-state index in [1.54, 1.807) is 29.3 Å². The molecular formula is C32H37F3N8O3S. The first-order valence-corrected chi connectivity index (χ1v) is 16.1. The summed E-state index contributed by atoms with van der Waals surface area (Å²) in [6, 6.07) is 6.13. The Morgan fingerprint density at radius 1 is 1.09 bits per heavy atom. The molecule has 2 N–H and O–H groups in total. The average Bonchev–Trinajstić information content (AvgIpc) is 3.55. The van der Waals surface area contributed by atoms with E-state index in [0.717, 1.165) is 16.7 Å². The van der Waals surface area contributed by atoms with E-state index in [2.05, 4.69) is 25.5 Å². The topological polar surface area (TPSA) is 116 Å². The van der Waals surface area contributed by atoms with Crippen LogP contribution in [0, 0.1) is 0 Å². The lowest BCUT2D eigenvalue weighted by Crippen LogP contribution is -2.48. The van der Waals surface area contributed by atoms with Crippen molar-refractivity contribution in [1.29, 1.82) is 0 Å². The van der Waals surface area contributed by atoms with Crippen molar-refractivity contribution in [3.8, 4) is 21.7 Å². The fraction of sp³-hybridized carbons (Fsp3) is 0.406. The summed E-state index contributed by atoms with van der Waals surface area (Å²) in [5, 5.41) is 6.58. The summed E-state index contributed by atoms with van der Waals surface area (Å²) in [5.74, 6) is -0.219. The summed E-state index contributed by atoms with van der Waals surface area (Å²) in [7, 11) is 5.85. The molecule has 0 saturated carbocycles. The van der Waals surface area contributed by atoms with Gasteiger partial charge in [0.25, 0.3) is 5.91 Å². The van der Waals surface area contributed by atoms with Gasteiger partial charge in [-0.3, -0.25) is 14.9 Å². The number of piperazine rings is 1. The standard InChI is InChI=1S/C32H37F3N8O3S/c1-5-8-36-31(46)39-27-16-21(29-38-26(19-47-29)32(33,34)35)23(17-37-27)20-6-7-25-22(15-20)28(44)24(18-43(25)12-9-40(2)3)30(45)42-13-10-41(4)11-14-42/h6-7,15-19H,5,8-14H2,1-4H3,(H2,36,37,39,46). The van der Waals surface area contributed by atoms with Crippen LogP contribution in [0.25, 0.3) is 32.6 Å². The van der Waals surface area contributed by atoms with Crippen molar-refractivity contribution >= 4 is 40.0 Å². The zero-order valence-electron chi connectivity index (χ0n) is 26.6. The number of anilines is 1. The number of fused-ring (bicyclic) bond motifs is 1. The van der Waals surface area contributed by atoms with Gasteiger partial charge in [-0.05, 0) is 51.3 Å². The number of nitrogens with zero attached hydrogens (tertiary/aromatic N) is 6. The van der Waals surface area contributed by atoms with Gasteiger partial charge in [-0.1, -0.05) is 13.0 Å². The minimum atomic E-state index is -4.64. The van der Waals surface area contributed by atoms with Gasteiger partial charge in [0.2, 0.25) is 5.43 Å². The van der Waals surface area contributed by atoms with E-state index >= 15 is 0 Å². The molecule has 0 radical (unpaired) electrons. The first kappa shape index (κ1) is 34.0. The van der Waals surface area contributed by atoms with E-state index in [4.69, 9.17) is 0 Å². The summed E-state index contributed by atoms with van der Waals surface area (Å²) in [5.41, 5.74) is 0.401. The molecule has 1 aliphatic heterocycles. The minimum Gasteiger partial charge on any atom is -0.345 e. The van der Waals surface area contributed by atoms with Crippen molar-refractivity contribution in [1.82, 2.24) is 34.6 Å². The van der Waals surface area contributed by atoms with Gasteiger partial charge in [0, 0.05) is 80.1 Å². The van der Waals surface area contributed by atoms with Gasteiger partial charge in [0.1, 0.15) is 16.4 Å². The molecule has 0 spiro atoms. The molecule has 5 rings (SSSR count). The molecule has 4 heterocycles. The fourth-order valence-electron chi connectivity index (χ4n) is 5.25. The molecule has 250 valence electrons. The summed E-state index contributed by atoms with van der Waals surface area (Å²) in [6.07, 6.45) is -0.869. The van der Waals surface area contributed by atoms with Crippen LogP contribution < -0.4 is 16.1 Å². The molecule has 4 aromatic rings. The predicted octanol–water partition coefficient (Wildman–Crippen LogP) is 4.69. The lowest BCUT2D eigenvalue weighted by Gasteiger charge is -2.32. The number of amides is 3. The number of thiazole rings is 1. The van der Waals surface area contributed by atoms with Crippen LogP contribution in [-0.2, 0) is 12.7 Å². The molecule has 1 aromatic carbocycles. The fourth-order valence-corrected chi connectivity index (χ4v) is 6.10. The number of alkyl halides is 3. The van der Waals surface area contributed by atoms with Crippen LogP contribution in [0.1, 0.15) is 29.4 Å². The lowest BCUT2D eigenvalue weighted by atomic mass is 9.99. The van der Waals surface area contributed by atoms with Crippen molar-refractivity contribution in [2.75, 3.05) is 65.7 Å². The Bertz CT molecular complexity index is 1830. The Kier molecular flexibility index (Phi) is 10.3. The number of pyridine rings is 2. The van der Waals surface area contributed by atoms with Crippen LogP contribution in [0.3, 0.4) is 0 Å². The second-order valence-corrected chi connectivity index (χ2v) is 12.6. The van der Waals surface area contributed by atoms with E-state index in [1.807, 2.05) is 37.5 Å². The molecule has 0 bridgehead atoms. The van der Waals surface area contributed by atoms with Crippen molar-refractivity contribution in [3.05, 3.63) is 63.5 Å². The van der Waals surface area contributed by atoms with Gasteiger partial charge < -0.3 is 24.6 Å². The number of likely N-dealkylation sites (N-methyl/N-ethyl adjacent to an activating group) is 2. The third-order valence-electron chi connectivity index (χ3n) is 7.91. The van der Waals surface area contributed by atoms with E-state index in [-0.39, 0.29) is 22.3 Å². The van der Waals surface area contributed by atoms with Crippen LogP contribution in [0.2, 0.25) is 0 Å². The number of aromatic nitrogens is 3. The number of nitrogens with one attached hydrogen (secondary N) is 2. The second-order valence-electron chi connectivity index (χ2n) is 11.7. The molecule has 3 amide bonds. The normalized spacial score (nSPS) is 14.2. The average molecular weight is 671 g/mol. The van der Waals surface area contributed by atoms with Crippen LogP contribution in [0.4, 0.5) is 23.8 Å². The van der Waals surface area contributed by atoms with Crippen LogP contribution in [0.15, 0.2) is 46.8 Å². The van der Waals surface area contributed by atoms with Crippen molar-refractivity contribution in [2.24, 2.45) is 0 Å². The molecule has 0 unspecified atom stereocenters. The monoisotopic (exact) mass is 670 g/mol. The number of hydrogen-bond acceptors (Lipinski definition) is 8. The van der Waals surface area contributed by atoms with Crippen LogP contribution >= 0.6 is 11.3 Å². The Balaban J connectivity index is 1.64. The highest BCUT2D eigenvalue weighted by molar-refractivity contribution is 7.13. The maximum atomic E-state index is 14.0. The van der Waals surface area contributed by atoms with Crippen molar-refractivity contribution in [3.63, 3.8) is 0 Å². The third kappa shape index (κ3) is 7.80. The highest BCUT2D eigenvalue weighted by Crippen LogP contribution is 2.39. The number of carbonyl (C=O) groups excluding carboxylic acids is 2. The zero-order valence-corrected chi connectivity index (χ0v) is 27.5. The van der Waals surface area contributed by atoms with Crippen molar-refractivity contribution in [2.45, 2.75) is 26.1 Å². The summed E-state index contributed by atoms with van der Waals surface area (Å²) < 4.78 is 42.5. The van der Waals surface area contributed by atoms with E-state index in [1.165, 1.54) is 12.3 Å². The molecule has 1 saturated heterocycles. The molecule has 1 fully saturated rings. The number of carbonyl (C=O) groups is 2. The lowest BCUT2D eigenvalue weighted by molar-refractivity contribution is -0.140. The van der Waals surface area contributed by atoms with Gasteiger partial charge in [-0.15, -0.1) is 11.3 Å². The molecule has 11 nitrogen and oxygen atoms in total. The molecule has 15 heteroatoms. The molecule has 0 aliphatic carbocycles. The molecule has 47 heavy (non-hydrogen) atoms. The number of halogens is 3. The zero-order chi connectivity index (χ0) is 33.9. The quantitative estimate of drug-likeness (QED) is 0.266. The van der Waals surface area contributed by atoms with Gasteiger partial charge >= 0.3 is 12.2 Å². The Morgan fingerprint density at radius 2 is 1.83 bits per heavy atom. The van der Waals surface area contributed by atoms with Gasteiger partial charge in [0.05, 0.1) is 5.52 Å². The van der Waals surface area contributed by atoms with E-state index in [0.29, 0.717) is 79.8 Å². The van der Waals surface area contributed by atoms with Gasteiger partial charge in [-0.2, -0.15) is 13.2 Å². The smallest absolute Gasteiger partial charge is 0.345 e. The van der Waals surface area contributed by atoms with Crippen molar-refractivity contribution < 1.29 is 22.8 Å². The molecule has 1 aliphatic rings. The largest absolute Gasteiger partial charge is 0.434 e. The minimum absolute atomic E-state index is 0.0590. The SMILES string of the molecule is CCCNC(=O)Nc1cc(-c2nc(C(F)(F)F)cs2)c(-c2ccc3c(c2)c(=O)c(C(=O)N2CCN(C)CC2)cn3CCN(C)C)cn1. The first-order chi connectivity index (χ1) is 22.3. The number of benzene rings is 1. The summed E-state index contributed by atoms with van der Waals surface area (Å²) in [6.45, 7) is 5.91. The number of hydrogen-bond donors (Lipinski definition) is 2. The maximum Gasteiger partial charge on any atom is 0.434 e. The Labute approximate surface area is 274 Å². The Hall–Kier alpha value is -4.34. The number of urea groups is 1. The maximum absolute atomic E-state index is 14.0. The summed E-state index contributed by atoms with van der Waals surface area (Å²) in [4.78, 5) is 54.0. The van der Waals surface area contributed by atoms with E-state index < -0.39 is 23.3 Å². The highest BCUT2D eigenvalue weighted by Gasteiger charge is 2.34. The Morgan fingerprint density at radius 3 is 2.49 bits per heavy atom. The van der Waals surface area contributed by atoms with Crippen LogP contribution in [-0.4, -0.2) is 102 Å². The van der Waals surface area contributed by atoms with E-state index in [9.17, 15) is 27.6 Å². The second kappa shape index (κ2) is 14.2. The molecule has 3 aromatic heterocycles. The van der Waals surface area contributed by atoms with Gasteiger partial charge in [-0.25, -0.2) is 14.8 Å². The molecular weight excluding hydrogens is 633 g/mol. The first-order valence-electron chi connectivity index (χ1n) is 15.2.